The Balaban J connectivity index is 2.22. The molecule has 0 aliphatic rings. The predicted molar refractivity (Wildman–Crippen MR) is 67.3 cm³/mol. The number of ether oxygens (including phenoxy) is 1. The SMILES string of the molecule is CCOc1ccc(C(CN)c2nnn(C)n2)cc1. The molecule has 1 heterocycles. The Morgan fingerprint density at radius 3 is 2.56 bits per heavy atom. The number of tetrazole rings is 1. The van der Waals surface area contributed by atoms with Gasteiger partial charge in [-0.15, -0.1) is 10.2 Å². The summed E-state index contributed by atoms with van der Waals surface area (Å²) in [5, 5.41) is 12.0. The van der Waals surface area contributed by atoms with Gasteiger partial charge in [0.2, 0.25) is 0 Å². The van der Waals surface area contributed by atoms with Crippen LogP contribution in [0.4, 0.5) is 0 Å². The van der Waals surface area contributed by atoms with Crippen LogP contribution in [-0.4, -0.2) is 33.4 Å². The van der Waals surface area contributed by atoms with Gasteiger partial charge in [-0.05, 0) is 29.8 Å². The van der Waals surface area contributed by atoms with Gasteiger partial charge in [-0.2, -0.15) is 4.80 Å². The van der Waals surface area contributed by atoms with E-state index in [1.807, 2.05) is 31.2 Å². The molecule has 1 aromatic carbocycles. The van der Waals surface area contributed by atoms with Gasteiger partial charge in [0.15, 0.2) is 5.82 Å². The average Bonchev–Trinajstić information content (AvgIpc) is 2.79. The van der Waals surface area contributed by atoms with Gasteiger partial charge in [0.05, 0.1) is 19.6 Å². The first kappa shape index (κ1) is 12.5. The maximum atomic E-state index is 5.79. The van der Waals surface area contributed by atoms with Crippen LogP contribution in [0.15, 0.2) is 24.3 Å². The zero-order valence-corrected chi connectivity index (χ0v) is 10.6. The van der Waals surface area contributed by atoms with E-state index >= 15 is 0 Å². The Kier molecular flexibility index (Phi) is 3.88. The first-order valence-electron chi connectivity index (χ1n) is 5.91. The fourth-order valence-corrected chi connectivity index (χ4v) is 1.79. The average molecular weight is 247 g/mol. The standard InChI is InChI=1S/C12H17N5O/c1-3-18-10-6-4-9(5-7-10)11(8-13)12-14-16-17(2)15-12/h4-7,11H,3,8,13H2,1-2H3. The van der Waals surface area contributed by atoms with Crippen molar-refractivity contribution in [2.24, 2.45) is 12.8 Å². The van der Waals surface area contributed by atoms with Gasteiger partial charge >= 0.3 is 0 Å². The fourth-order valence-electron chi connectivity index (χ4n) is 1.79. The molecule has 1 aromatic heterocycles. The Bertz CT molecular complexity index is 493. The van der Waals surface area contributed by atoms with E-state index in [1.54, 1.807) is 7.05 Å². The lowest BCUT2D eigenvalue weighted by molar-refractivity contribution is 0.340. The number of aryl methyl sites for hydroxylation is 1. The minimum atomic E-state index is -0.0330. The minimum absolute atomic E-state index is 0.0330. The number of nitrogens with zero attached hydrogens (tertiary/aromatic N) is 4. The zero-order chi connectivity index (χ0) is 13.0. The molecular weight excluding hydrogens is 230 g/mol. The molecule has 0 spiro atoms. The first-order valence-corrected chi connectivity index (χ1v) is 5.91. The zero-order valence-electron chi connectivity index (χ0n) is 10.6. The number of hydrogen-bond acceptors (Lipinski definition) is 5. The van der Waals surface area contributed by atoms with Crippen molar-refractivity contribution in [2.45, 2.75) is 12.8 Å². The number of nitrogens with two attached hydrogens (primary N) is 1. The van der Waals surface area contributed by atoms with E-state index < -0.39 is 0 Å². The summed E-state index contributed by atoms with van der Waals surface area (Å²) in [5.74, 6) is 1.46. The number of aromatic nitrogens is 4. The van der Waals surface area contributed by atoms with Crippen LogP contribution in [0, 0.1) is 0 Å². The molecule has 18 heavy (non-hydrogen) atoms. The highest BCUT2D eigenvalue weighted by molar-refractivity contribution is 5.32. The molecule has 0 radical (unpaired) electrons. The molecule has 0 saturated carbocycles. The van der Waals surface area contributed by atoms with E-state index in [9.17, 15) is 0 Å². The molecule has 0 saturated heterocycles. The second kappa shape index (κ2) is 5.59. The summed E-state index contributed by atoms with van der Waals surface area (Å²) in [5.41, 5.74) is 6.86. The molecule has 0 amide bonds. The molecule has 6 nitrogen and oxygen atoms in total. The third kappa shape index (κ3) is 2.65. The molecule has 1 atom stereocenters. The second-order valence-electron chi connectivity index (χ2n) is 3.93. The van der Waals surface area contributed by atoms with Gasteiger partial charge < -0.3 is 10.5 Å². The van der Waals surface area contributed by atoms with Crippen LogP contribution in [0.2, 0.25) is 0 Å². The van der Waals surface area contributed by atoms with Gasteiger partial charge in [-0.1, -0.05) is 12.1 Å². The van der Waals surface area contributed by atoms with E-state index in [1.165, 1.54) is 4.80 Å². The van der Waals surface area contributed by atoms with Crippen molar-refractivity contribution >= 4 is 0 Å². The first-order chi connectivity index (χ1) is 8.74. The molecule has 0 aliphatic heterocycles. The maximum absolute atomic E-state index is 5.79. The van der Waals surface area contributed by atoms with E-state index in [2.05, 4.69) is 15.4 Å². The molecular formula is C12H17N5O. The van der Waals surface area contributed by atoms with Gasteiger partial charge in [0.25, 0.3) is 0 Å². The summed E-state index contributed by atoms with van der Waals surface area (Å²) in [6, 6.07) is 7.83. The normalized spacial score (nSPS) is 12.4. The minimum Gasteiger partial charge on any atom is -0.494 e. The van der Waals surface area contributed by atoms with Crippen molar-refractivity contribution in [1.82, 2.24) is 20.2 Å². The monoisotopic (exact) mass is 247 g/mol. The van der Waals surface area contributed by atoms with E-state index in [4.69, 9.17) is 10.5 Å². The highest BCUT2D eigenvalue weighted by atomic mass is 16.5. The number of rotatable bonds is 5. The highest BCUT2D eigenvalue weighted by Gasteiger charge is 2.17. The lowest BCUT2D eigenvalue weighted by Gasteiger charge is -2.11. The Hall–Kier alpha value is -1.95. The van der Waals surface area contributed by atoms with Crippen LogP contribution >= 0.6 is 0 Å². The van der Waals surface area contributed by atoms with Crippen LogP contribution in [0.3, 0.4) is 0 Å². The molecule has 2 rings (SSSR count). The van der Waals surface area contributed by atoms with Crippen molar-refractivity contribution in [3.05, 3.63) is 35.7 Å². The molecule has 0 aliphatic carbocycles. The molecule has 1 unspecified atom stereocenters. The van der Waals surface area contributed by atoms with Crippen molar-refractivity contribution in [3.8, 4) is 5.75 Å². The number of hydrogen-bond donors (Lipinski definition) is 1. The van der Waals surface area contributed by atoms with Crippen LogP contribution in [-0.2, 0) is 7.05 Å². The summed E-state index contributed by atoms with van der Waals surface area (Å²) in [6.07, 6.45) is 0. The van der Waals surface area contributed by atoms with E-state index in [0.717, 1.165) is 11.3 Å². The smallest absolute Gasteiger partial charge is 0.183 e. The van der Waals surface area contributed by atoms with E-state index in [0.29, 0.717) is 19.0 Å². The summed E-state index contributed by atoms with van der Waals surface area (Å²) < 4.78 is 5.41. The van der Waals surface area contributed by atoms with Crippen molar-refractivity contribution in [2.75, 3.05) is 13.2 Å². The lowest BCUT2D eigenvalue weighted by atomic mass is 9.98. The Morgan fingerprint density at radius 1 is 1.33 bits per heavy atom. The van der Waals surface area contributed by atoms with Gasteiger partial charge in [0.1, 0.15) is 5.75 Å². The summed E-state index contributed by atoms with van der Waals surface area (Å²) in [7, 11) is 1.74. The van der Waals surface area contributed by atoms with Gasteiger partial charge in [-0.3, -0.25) is 0 Å². The van der Waals surface area contributed by atoms with E-state index in [-0.39, 0.29) is 5.92 Å². The summed E-state index contributed by atoms with van der Waals surface area (Å²) >= 11 is 0. The highest BCUT2D eigenvalue weighted by Crippen LogP contribution is 2.22. The lowest BCUT2D eigenvalue weighted by Crippen LogP contribution is -2.15. The summed E-state index contributed by atoms with van der Waals surface area (Å²) in [4.78, 5) is 1.44. The fraction of sp³-hybridized carbons (Fsp3) is 0.417. The summed E-state index contributed by atoms with van der Waals surface area (Å²) in [6.45, 7) is 3.06. The van der Waals surface area contributed by atoms with Crippen LogP contribution in [0.5, 0.6) is 5.75 Å². The Labute approximate surface area is 106 Å². The molecule has 96 valence electrons. The van der Waals surface area contributed by atoms with Gasteiger partial charge in [0, 0.05) is 6.54 Å². The van der Waals surface area contributed by atoms with Crippen molar-refractivity contribution in [1.29, 1.82) is 0 Å². The van der Waals surface area contributed by atoms with Crippen molar-refractivity contribution in [3.63, 3.8) is 0 Å². The number of benzene rings is 1. The molecule has 6 heteroatoms. The van der Waals surface area contributed by atoms with Gasteiger partial charge in [-0.25, -0.2) is 0 Å². The Morgan fingerprint density at radius 2 is 2.06 bits per heavy atom. The maximum Gasteiger partial charge on any atom is 0.183 e. The quantitative estimate of drug-likeness (QED) is 0.841. The molecule has 0 fully saturated rings. The predicted octanol–water partition coefficient (Wildman–Crippen LogP) is 0.699. The third-order valence-corrected chi connectivity index (χ3v) is 2.66. The van der Waals surface area contributed by atoms with Crippen LogP contribution < -0.4 is 10.5 Å². The van der Waals surface area contributed by atoms with Crippen LogP contribution in [0.25, 0.3) is 0 Å². The van der Waals surface area contributed by atoms with Crippen molar-refractivity contribution < 1.29 is 4.74 Å². The topological polar surface area (TPSA) is 78.9 Å². The molecule has 2 N–H and O–H groups in total. The largest absolute Gasteiger partial charge is 0.494 e. The van der Waals surface area contributed by atoms with Crippen LogP contribution in [0.1, 0.15) is 24.2 Å². The second-order valence-corrected chi connectivity index (χ2v) is 3.93. The molecule has 0 bridgehead atoms. The third-order valence-electron chi connectivity index (χ3n) is 2.66. The molecule has 2 aromatic rings.